The summed E-state index contributed by atoms with van der Waals surface area (Å²) in [6, 6.07) is 9.06. The number of fused-ring (bicyclic) bond motifs is 1. The number of rotatable bonds is 1. The van der Waals surface area contributed by atoms with Crippen LogP contribution in [-0.2, 0) is 0 Å². The Morgan fingerprint density at radius 1 is 1.40 bits per heavy atom. The molecule has 4 nitrogen and oxygen atoms in total. The highest BCUT2D eigenvalue weighted by Gasteiger charge is 2.11. The van der Waals surface area contributed by atoms with E-state index < -0.39 is 5.91 Å². The first-order valence-electron chi connectivity index (χ1n) is 4.28. The zero-order valence-electron chi connectivity index (χ0n) is 7.70. The molecule has 15 heavy (non-hydrogen) atoms. The van der Waals surface area contributed by atoms with Crippen molar-refractivity contribution in [2.24, 2.45) is 5.84 Å². The third-order valence-electron chi connectivity index (χ3n) is 2.05. The van der Waals surface area contributed by atoms with Crippen LogP contribution in [0.1, 0.15) is 10.4 Å². The second-order valence-electron chi connectivity index (χ2n) is 2.99. The molecule has 0 unspecified atom stereocenters. The highest BCUT2D eigenvalue weighted by molar-refractivity contribution is 6.33. The Morgan fingerprint density at radius 3 is 2.87 bits per heavy atom. The number of amides is 1. The molecule has 0 bridgehead atoms. The highest BCUT2D eigenvalue weighted by Crippen LogP contribution is 2.19. The number of nitrogens with zero attached hydrogens (tertiary/aromatic N) is 1. The lowest BCUT2D eigenvalue weighted by Gasteiger charge is -2.03. The van der Waals surface area contributed by atoms with E-state index >= 15 is 0 Å². The van der Waals surface area contributed by atoms with Gasteiger partial charge in [-0.3, -0.25) is 10.2 Å². The SMILES string of the molecule is NNC(=O)c1cc2ccccc2nc1Cl. The molecular weight excluding hydrogens is 214 g/mol. The molecule has 0 atom stereocenters. The van der Waals surface area contributed by atoms with Crippen LogP contribution in [0.5, 0.6) is 0 Å². The van der Waals surface area contributed by atoms with Gasteiger partial charge in [-0.15, -0.1) is 0 Å². The number of hydrazine groups is 1. The molecule has 1 heterocycles. The van der Waals surface area contributed by atoms with Crippen molar-refractivity contribution in [2.45, 2.75) is 0 Å². The molecule has 3 N–H and O–H groups in total. The van der Waals surface area contributed by atoms with Gasteiger partial charge in [0.15, 0.2) is 0 Å². The number of pyridine rings is 1. The van der Waals surface area contributed by atoms with Crippen molar-refractivity contribution < 1.29 is 4.79 Å². The molecule has 0 aliphatic carbocycles. The van der Waals surface area contributed by atoms with Gasteiger partial charge in [-0.2, -0.15) is 0 Å². The molecule has 76 valence electrons. The maximum Gasteiger partial charge on any atom is 0.268 e. The number of carbonyl (C=O) groups is 1. The summed E-state index contributed by atoms with van der Waals surface area (Å²) in [5, 5.41) is 0.997. The molecule has 5 heteroatoms. The van der Waals surface area contributed by atoms with Gasteiger partial charge in [0.2, 0.25) is 0 Å². The zero-order chi connectivity index (χ0) is 10.8. The minimum atomic E-state index is -0.446. The molecule has 0 fully saturated rings. The van der Waals surface area contributed by atoms with Crippen LogP contribution in [-0.4, -0.2) is 10.9 Å². The summed E-state index contributed by atoms with van der Waals surface area (Å²) >= 11 is 5.85. The van der Waals surface area contributed by atoms with Gasteiger partial charge in [0.1, 0.15) is 5.15 Å². The Labute approximate surface area is 91.0 Å². The molecule has 0 radical (unpaired) electrons. The molecule has 0 aliphatic heterocycles. The first kappa shape index (κ1) is 9.89. The summed E-state index contributed by atoms with van der Waals surface area (Å²) in [6.07, 6.45) is 0. The monoisotopic (exact) mass is 221 g/mol. The van der Waals surface area contributed by atoms with Crippen LogP contribution < -0.4 is 11.3 Å². The number of hydrogen-bond donors (Lipinski definition) is 2. The van der Waals surface area contributed by atoms with Gasteiger partial charge in [-0.05, 0) is 12.1 Å². The summed E-state index contributed by atoms with van der Waals surface area (Å²) in [6.45, 7) is 0. The van der Waals surface area contributed by atoms with Crippen LogP contribution in [0.2, 0.25) is 5.15 Å². The first-order chi connectivity index (χ1) is 7.22. The van der Waals surface area contributed by atoms with Gasteiger partial charge in [0.25, 0.3) is 5.91 Å². The third kappa shape index (κ3) is 1.77. The smallest absolute Gasteiger partial charge is 0.268 e. The van der Waals surface area contributed by atoms with Crippen molar-refractivity contribution in [3.05, 3.63) is 41.0 Å². The average Bonchev–Trinajstić information content (AvgIpc) is 2.27. The third-order valence-corrected chi connectivity index (χ3v) is 2.34. The predicted octanol–water partition coefficient (Wildman–Crippen LogP) is 1.49. The molecule has 1 amide bonds. The maximum absolute atomic E-state index is 11.3. The van der Waals surface area contributed by atoms with E-state index in [-0.39, 0.29) is 10.7 Å². The standard InChI is InChI=1S/C10H8ClN3O/c11-9-7(10(15)14-12)5-6-3-1-2-4-8(6)13-9/h1-5H,12H2,(H,14,15). The normalized spacial score (nSPS) is 10.3. The summed E-state index contributed by atoms with van der Waals surface area (Å²) in [5.41, 5.74) is 3.05. The van der Waals surface area contributed by atoms with E-state index in [4.69, 9.17) is 17.4 Å². The van der Waals surface area contributed by atoms with E-state index in [1.165, 1.54) is 0 Å². The van der Waals surface area contributed by atoms with Crippen molar-refractivity contribution in [3.8, 4) is 0 Å². The molecule has 1 aromatic carbocycles. The zero-order valence-corrected chi connectivity index (χ0v) is 8.45. The minimum Gasteiger partial charge on any atom is -0.290 e. The Morgan fingerprint density at radius 2 is 2.13 bits per heavy atom. The van der Waals surface area contributed by atoms with Crippen molar-refractivity contribution in [1.29, 1.82) is 0 Å². The Balaban J connectivity index is 2.67. The van der Waals surface area contributed by atoms with E-state index in [9.17, 15) is 4.79 Å². The topological polar surface area (TPSA) is 68.0 Å². The van der Waals surface area contributed by atoms with Crippen molar-refractivity contribution in [1.82, 2.24) is 10.4 Å². The van der Waals surface area contributed by atoms with Crippen molar-refractivity contribution in [3.63, 3.8) is 0 Å². The summed E-state index contributed by atoms with van der Waals surface area (Å²) in [4.78, 5) is 15.4. The highest BCUT2D eigenvalue weighted by atomic mass is 35.5. The molecule has 0 aliphatic rings. The van der Waals surface area contributed by atoms with E-state index in [1.807, 2.05) is 29.7 Å². The lowest BCUT2D eigenvalue weighted by atomic mass is 10.1. The summed E-state index contributed by atoms with van der Waals surface area (Å²) < 4.78 is 0. The number of nitrogen functional groups attached to an aromatic ring is 1. The summed E-state index contributed by atoms with van der Waals surface area (Å²) in [7, 11) is 0. The number of hydrogen-bond acceptors (Lipinski definition) is 3. The second kappa shape index (κ2) is 3.84. The van der Waals surface area contributed by atoms with Gasteiger partial charge in [0, 0.05) is 5.39 Å². The lowest BCUT2D eigenvalue weighted by Crippen LogP contribution is -2.30. The van der Waals surface area contributed by atoms with Crippen LogP contribution in [0, 0.1) is 0 Å². The number of aromatic nitrogens is 1. The number of benzene rings is 1. The van der Waals surface area contributed by atoms with Crippen LogP contribution in [0.15, 0.2) is 30.3 Å². The van der Waals surface area contributed by atoms with E-state index in [0.717, 1.165) is 10.9 Å². The van der Waals surface area contributed by atoms with Gasteiger partial charge in [-0.1, -0.05) is 29.8 Å². The fourth-order valence-corrected chi connectivity index (χ4v) is 1.56. The molecule has 2 rings (SSSR count). The van der Waals surface area contributed by atoms with Crippen LogP contribution in [0.4, 0.5) is 0 Å². The number of nitrogens with two attached hydrogens (primary N) is 1. The molecular formula is C10H8ClN3O. The van der Waals surface area contributed by atoms with Crippen LogP contribution in [0.25, 0.3) is 10.9 Å². The Kier molecular flexibility index (Phi) is 2.53. The molecule has 0 saturated heterocycles. The fourth-order valence-electron chi connectivity index (χ4n) is 1.33. The molecule has 2 aromatic rings. The quantitative estimate of drug-likeness (QED) is 0.332. The van der Waals surface area contributed by atoms with Crippen LogP contribution >= 0.6 is 11.6 Å². The summed E-state index contributed by atoms with van der Waals surface area (Å²) in [5.74, 6) is 4.58. The molecule has 0 saturated carbocycles. The first-order valence-corrected chi connectivity index (χ1v) is 4.66. The maximum atomic E-state index is 11.3. The minimum absolute atomic E-state index is 0.150. The van der Waals surface area contributed by atoms with Gasteiger partial charge >= 0.3 is 0 Å². The van der Waals surface area contributed by atoms with E-state index in [2.05, 4.69) is 4.98 Å². The number of halogens is 1. The van der Waals surface area contributed by atoms with Crippen molar-refractivity contribution >= 4 is 28.4 Å². The molecule has 1 aromatic heterocycles. The predicted molar refractivity (Wildman–Crippen MR) is 58.4 cm³/mol. The lowest BCUT2D eigenvalue weighted by molar-refractivity contribution is 0.0953. The van der Waals surface area contributed by atoms with E-state index in [1.54, 1.807) is 6.07 Å². The van der Waals surface area contributed by atoms with Gasteiger partial charge in [0.05, 0.1) is 11.1 Å². The second-order valence-corrected chi connectivity index (χ2v) is 3.35. The largest absolute Gasteiger partial charge is 0.290 e. The Hall–Kier alpha value is -1.65. The number of nitrogens with one attached hydrogen (secondary N) is 1. The van der Waals surface area contributed by atoms with Gasteiger partial charge in [-0.25, -0.2) is 10.8 Å². The fraction of sp³-hybridized carbons (Fsp3) is 0. The number of carbonyl (C=O) groups excluding carboxylic acids is 1. The van der Waals surface area contributed by atoms with Crippen molar-refractivity contribution in [2.75, 3.05) is 0 Å². The van der Waals surface area contributed by atoms with Crippen LogP contribution in [0.3, 0.4) is 0 Å². The Bertz CT molecular complexity index is 527. The number of para-hydroxylation sites is 1. The molecule has 0 spiro atoms. The average molecular weight is 222 g/mol. The van der Waals surface area contributed by atoms with Gasteiger partial charge < -0.3 is 0 Å². The van der Waals surface area contributed by atoms with E-state index in [0.29, 0.717) is 0 Å².